The summed E-state index contributed by atoms with van der Waals surface area (Å²) in [5.41, 5.74) is 3.79. The molecule has 0 N–H and O–H groups in total. The maximum atomic E-state index is 13.6. The second-order valence-electron chi connectivity index (χ2n) is 9.07. The van der Waals surface area contributed by atoms with Crippen molar-refractivity contribution in [2.24, 2.45) is 0 Å². The molecule has 0 unspecified atom stereocenters. The fourth-order valence-electron chi connectivity index (χ4n) is 5.27. The van der Waals surface area contributed by atoms with Crippen molar-refractivity contribution in [3.8, 4) is 11.4 Å². The Balaban J connectivity index is 1.35. The number of fused-ring (bicyclic) bond motifs is 1. The highest BCUT2D eigenvalue weighted by Gasteiger charge is 2.28. The Morgan fingerprint density at radius 3 is 2.21 bits per heavy atom. The number of aromatic nitrogens is 4. The summed E-state index contributed by atoms with van der Waals surface area (Å²) in [5, 5.41) is 0.751. The van der Waals surface area contributed by atoms with Crippen LogP contribution in [0, 0.1) is 5.82 Å². The summed E-state index contributed by atoms with van der Waals surface area (Å²) in [6.07, 6.45) is 6.29. The van der Waals surface area contributed by atoms with Gasteiger partial charge in [0.1, 0.15) is 18.0 Å². The molecule has 34 heavy (non-hydrogen) atoms. The van der Waals surface area contributed by atoms with Crippen molar-refractivity contribution in [1.29, 1.82) is 0 Å². The standard InChI is InChI=1S/C26H26ClFN6/c27-19-7-11-21(12-8-19)32-13-15-33(16-14-32)25-23-26(30-17-29-25)34(22-3-1-2-4-22)24(31-23)18-5-9-20(28)10-6-18/h5-12,17,22H,1-4,13-16H2. The highest BCUT2D eigenvalue weighted by atomic mass is 35.5. The van der Waals surface area contributed by atoms with Gasteiger partial charge < -0.3 is 14.4 Å². The Labute approximate surface area is 203 Å². The monoisotopic (exact) mass is 476 g/mol. The van der Waals surface area contributed by atoms with Gasteiger partial charge in [-0.1, -0.05) is 24.4 Å². The van der Waals surface area contributed by atoms with Gasteiger partial charge in [-0.15, -0.1) is 0 Å². The molecule has 0 atom stereocenters. The summed E-state index contributed by atoms with van der Waals surface area (Å²) < 4.78 is 15.9. The minimum Gasteiger partial charge on any atom is -0.368 e. The van der Waals surface area contributed by atoms with Crippen molar-refractivity contribution >= 4 is 34.3 Å². The number of nitrogens with zero attached hydrogens (tertiary/aromatic N) is 6. The Morgan fingerprint density at radius 1 is 0.824 bits per heavy atom. The fraction of sp³-hybridized carbons (Fsp3) is 0.346. The van der Waals surface area contributed by atoms with E-state index in [-0.39, 0.29) is 5.82 Å². The lowest BCUT2D eigenvalue weighted by molar-refractivity contribution is 0.534. The summed E-state index contributed by atoms with van der Waals surface area (Å²) in [5.74, 6) is 1.48. The molecule has 1 saturated heterocycles. The zero-order valence-electron chi connectivity index (χ0n) is 18.9. The Hall–Kier alpha value is -3.19. The van der Waals surface area contributed by atoms with Gasteiger partial charge in [0.2, 0.25) is 0 Å². The maximum absolute atomic E-state index is 13.6. The topological polar surface area (TPSA) is 50.1 Å². The van der Waals surface area contributed by atoms with E-state index in [2.05, 4.69) is 36.5 Å². The van der Waals surface area contributed by atoms with Gasteiger partial charge in [-0.05, 0) is 61.4 Å². The lowest BCUT2D eigenvalue weighted by Gasteiger charge is -2.36. The molecule has 2 aromatic heterocycles. The Kier molecular flexibility index (Phi) is 5.57. The molecule has 8 heteroatoms. The molecule has 1 saturated carbocycles. The first-order valence-electron chi connectivity index (χ1n) is 11.9. The number of hydrogen-bond acceptors (Lipinski definition) is 5. The van der Waals surface area contributed by atoms with Crippen molar-refractivity contribution in [3.63, 3.8) is 0 Å². The Bertz CT molecular complexity index is 1290. The van der Waals surface area contributed by atoms with Crippen molar-refractivity contribution in [2.45, 2.75) is 31.7 Å². The van der Waals surface area contributed by atoms with E-state index < -0.39 is 0 Å². The predicted octanol–water partition coefficient (Wildman–Crippen LogP) is 5.73. The summed E-state index contributed by atoms with van der Waals surface area (Å²) in [4.78, 5) is 19.1. The van der Waals surface area contributed by atoms with Crippen LogP contribution in [0.25, 0.3) is 22.6 Å². The summed E-state index contributed by atoms with van der Waals surface area (Å²) in [6.45, 7) is 3.47. The molecule has 2 fully saturated rings. The number of hydrogen-bond donors (Lipinski definition) is 0. The smallest absolute Gasteiger partial charge is 0.166 e. The van der Waals surface area contributed by atoms with Crippen LogP contribution >= 0.6 is 11.6 Å². The van der Waals surface area contributed by atoms with Crippen LogP contribution in [0.5, 0.6) is 0 Å². The first-order valence-corrected chi connectivity index (χ1v) is 12.3. The van der Waals surface area contributed by atoms with Crippen LogP contribution in [0.4, 0.5) is 15.9 Å². The van der Waals surface area contributed by atoms with Gasteiger partial charge in [0.25, 0.3) is 0 Å². The number of piperazine rings is 1. The van der Waals surface area contributed by atoms with Crippen molar-refractivity contribution in [2.75, 3.05) is 36.0 Å². The molecule has 4 aromatic rings. The quantitative estimate of drug-likeness (QED) is 0.376. The van der Waals surface area contributed by atoms with Crippen molar-refractivity contribution < 1.29 is 4.39 Å². The number of imidazole rings is 1. The molecular formula is C26H26ClFN6. The molecule has 0 bridgehead atoms. The highest BCUT2D eigenvalue weighted by molar-refractivity contribution is 6.30. The SMILES string of the molecule is Fc1ccc(-c2nc3c(N4CCN(c5ccc(Cl)cc5)CC4)ncnc3n2C2CCCC2)cc1. The Morgan fingerprint density at radius 2 is 1.50 bits per heavy atom. The minimum absolute atomic E-state index is 0.244. The van der Waals surface area contributed by atoms with Gasteiger partial charge in [0, 0.05) is 48.5 Å². The second kappa shape index (κ2) is 8.87. The number of halogens is 2. The third-order valence-electron chi connectivity index (χ3n) is 7.02. The first kappa shape index (κ1) is 21.4. The number of rotatable bonds is 4. The van der Waals surface area contributed by atoms with Gasteiger partial charge in [0.05, 0.1) is 0 Å². The molecule has 0 radical (unpaired) electrons. The van der Waals surface area contributed by atoms with Gasteiger partial charge >= 0.3 is 0 Å². The minimum atomic E-state index is -0.244. The third-order valence-corrected chi connectivity index (χ3v) is 7.27. The van der Waals surface area contributed by atoms with Crippen LogP contribution in [-0.2, 0) is 0 Å². The maximum Gasteiger partial charge on any atom is 0.166 e. The highest BCUT2D eigenvalue weighted by Crippen LogP contribution is 2.38. The second-order valence-corrected chi connectivity index (χ2v) is 9.51. The molecule has 1 aliphatic heterocycles. The van der Waals surface area contributed by atoms with E-state index in [1.54, 1.807) is 18.5 Å². The molecule has 174 valence electrons. The van der Waals surface area contributed by atoms with Crippen molar-refractivity contribution in [3.05, 3.63) is 65.7 Å². The predicted molar refractivity (Wildman–Crippen MR) is 134 cm³/mol. The van der Waals surface area contributed by atoms with Crippen molar-refractivity contribution in [1.82, 2.24) is 19.5 Å². The van der Waals surface area contributed by atoms with Crippen LogP contribution in [0.2, 0.25) is 5.02 Å². The lowest BCUT2D eigenvalue weighted by Crippen LogP contribution is -2.47. The van der Waals surface area contributed by atoms with E-state index in [1.165, 1.54) is 30.7 Å². The zero-order valence-corrected chi connectivity index (χ0v) is 19.6. The molecule has 1 aliphatic carbocycles. The lowest BCUT2D eigenvalue weighted by atomic mass is 10.2. The molecule has 2 aromatic carbocycles. The third kappa shape index (κ3) is 3.88. The first-order chi connectivity index (χ1) is 16.7. The van der Waals surface area contributed by atoms with E-state index in [1.807, 2.05) is 12.1 Å². The number of benzene rings is 2. The molecule has 6 nitrogen and oxygen atoms in total. The molecule has 2 aliphatic rings. The average Bonchev–Trinajstić information content (AvgIpc) is 3.53. The van der Waals surface area contributed by atoms with Gasteiger partial charge in [-0.25, -0.2) is 19.3 Å². The van der Waals surface area contributed by atoms with Crippen LogP contribution in [-0.4, -0.2) is 45.7 Å². The molecule has 3 heterocycles. The summed E-state index contributed by atoms with van der Waals surface area (Å²) in [6, 6.07) is 15.0. The van der Waals surface area contributed by atoms with Gasteiger partial charge in [0.15, 0.2) is 17.0 Å². The fourth-order valence-corrected chi connectivity index (χ4v) is 5.39. The van der Waals surface area contributed by atoms with E-state index in [0.29, 0.717) is 6.04 Å². The largest absolute Gasteiger partial charge is 0.368 e. The summed E-state index contributed by atoms with van der Waals surface area (Å²) >= 11 is 6.05. The molecule has 0 amide bonds. The van der Waals surface area contributed by atoms with Crippen LogP contribution in [0.1, 0.15) is 31.7 Å². The van der Waals surface area contributed by atoms with Crippen LogP contribution in [0.15, 0.2) is 54.9 Å². The van der Waals surface area contributed by atoms with Crippen LogP contribution in [0.3, 0.4) is 0 Å². The average molecular weight is 477 g/mol. The van der Waals surface area contributed by atoms with Crippen LogP contribution < -0.4 is 9.80 Å². The molecular weight excluding hydrogens is 451 g/mol. The summed E-state index contributed by atoms with van der Waals surface area (Å²) in [7, 11) is 0. The number of anilines is 2. The van der Waals surface area contributed by atoms with E-state index >= 15 is 0 Å². The normalized spacial score (nSPS) is 17.1. The molecule has 6 rings (SSSR count). The van der Waals surface area contributed by atoms with Gasteiger partial charge in [-0.3, -0.25) is 0 Å². The van der Waals surface area contributed by atoms with E-state index in [9.17, 15) is 4.39 Å². The zero-order chi connectivity index (χ0) is 23.1. The van der Waals surface area contributed by atoms with E-state index in [0.717, 1.165) is 72.4 Å². The molecule has 0 spiro atoms. The van der Waals surface area contributed by atoms with Gasteiger partial charge in [-0.2, -0.15) is 0 Å². The van der Waals surface area contributed by atoms with E-state index in [4.69, 9.17) is 16.6 Å².